The number of hydrogen-bond acceptors (Lipinski definition) is 3. The highest BCUT2D eigenvalue weighted by atomic mass is 32.1. The summed E-state index contributed by atoms with van der Waals surface area (Å²) in [5, 5.41) is 3.97. The molecule has 1 heterocycles. The zero-order chi connectivity index (χ0) is 12.8. The van der Waals surface area contributed by atoms with E-state index in [0.29, 0.717) is 12.5 Å². The van der Waals surface area contributed by atoms with Gasteiger partial charge in [-0.2, -0.15) is 16.3 Å². The lowest BCUT2D eigenvalue weighted by atomic mass is 10.0. The first-order valence-electron chi connectivity index (χ1n) is 5.78. The molecule has 0 spiro atoms. The van der Waals surface area contributed by atoms with Crippen LogP contribution in [0.3, 0.4) is 0 Å². The minimum atomic E-state index is -0.492. The summed E-state index contributed by atoms with van der Waals surface area (Å²) in [7, 11) is 0. The molecule has 1 aromatic rings. The first-order valence-corrected chi connectivity index (χ1v) is 6.73. The van der Waals surface area contributed by atoms with Crippen LogP contribution in [-0.2, 0) is 4.74 Å². The number of hydrogen-bond donors (Lipinski definition) is 0. The van der Waals surface area contributed by atoms with Crippen molar-refractivity contribution in [3.8, 4) is 0 Å². The Morgan fingerprint density at radius 3 is 2.59 bits per heavy atom. The van der Waals surface area contributed by atoms with Crippen LogP contribution in [-0.4, -0.2) is 18.4 Å². The van der Waals surface area contributed by atoms with Crippen molar-refractivity contribution >= 4 is 23.1 Å². The molecule has 0 unspecified atom stereocenters. The Hall–Kier alpha value is -1.16. The van der Waals surface area contributed by atoms with Gasteiger partial charge in [0.2, 0.25) is 0 Å². The van der Waals surface area contributed by atoms with E-state index < -0.39 is 6.09 Å². The van der Waals surface area contributed by atoms with Crippen LogP contribution >= 0.6 is 11.3 Å². The number of rotatable bonds is 4. The highest BCUT2D eigenvalue weighted by Gasteiger charge is 2.12. The highest BCUT2D eigenvalue weighted by molar-refractivity contribution is 7.08. The maximum absolute atomic E-state index is 11.6. The second kappa shape index (κ2) is 6.55. The Morgan fingerprint density at radius 2 is 2.12 bits per heavy atom. The first-order chi connectivity index (χ1) is 8.00. The van der Waals surface area contributed by atoms with E-state index in [1.165, 1.54) is 0 Å². The molecule has 17 heavy (non-hydrogen) atoms. The van der Waals surface area contributed by atoms with Gasteiger partial charge in [0, 0.05) is 5.56 Å². The average molecular weight is 253 g/mol. The smallest absolute Gasteiger partial charge is 0.433 e. The number of carbonyl (C=O) groups excluding carboxylic acids is 1. The van der Waals surface area contributed by atoms with E-state index >= 15 is 0 Å². The van der Waals surface area contributed by atoms with Crippen molar-refractivity contribution in [2.75, 3.05) is 6.61 Å². The summed E-state index contributed by atoms with van der Waals surface area (Å²) in [5.74, 6) is 0.536. The number of ether oxygens (including phenoxy) is 1. The molecule has 0 atom stereocenters. The van der Waals surface area contributed by atoms with Crippen LogP contribution in [0.2, 0.25) is 0 Å². The maximum Gasteiger partial charge on any atom is 0.433 e. The molecule has 3 nitrogen and oxygen atoms in total. The van der Waals surface area contributed by atoms with E-state index in [-0.39, 0.29) is 5.92 Å². The zero-order valence-electron chi connectivity index (χ0n) is 10.8. The third-order valence-electron chi connectivity index (χ3n) is 2.12. The second-order valence-corrected chi connectivity index (χ2v) is 5.41. The summed E-state index contributed by atoms with van der Waals surface area (Å²) >= 11 is 1.60. The van der Waals surface area contributed by atoms with Crippen LogP contribution in [0.1, 0.15) is 33.3 Å². The standard InChI is InChI=1S/C13H19NO2S/c1-9(2)7-16-13(15)14-12(10(3)4)11-5-6-17-8-11/h5-6,8-10H,7H2,1-4H3/b14-12-. The van der Waals surface area contributed by atoms with Crippen LogP contribution in [0.5, 0.6) is 0 Å². The Kier molecular flexibility index (Phi) is 5.35. The van der Waals surface area contributed by atoms with Gasteiger partial charge in [0.1, 0.15) is 0 Å². The molecule has 0 bridgehead atoms. The fourth-order valence-electron chi connectivity index (χ4n) is 1.31. The highest BCUT2D eigenvalue weighted by Crippen LogP contribution is 2.14. The van der Waals surface area contributed by atoms with Gasteiger partial charge in [-0.3, -0.25) is 0 Å². The van der Waals surface area contributed by atoms with Crippen molar-refractivity contribution < 1.29 is 9.53 Å². The van der Waals surface area contributed by atoms with Gasteiger partial charge in [0.05, 0.1) is 12.3 Å². The Bertz CT molecular complexity index is 380. The second-order valence-electron chi connectivity index (χ2n) is 4.63. The monoisotopic (exact) mass is 253 g/mol. The van der Waals surface area contributed by atoms with Crippen molar-refractivity contribution in [2.45, 2.75) is 27.7 Å². The molecule has 1 rings (SSSR count). The summed E-state index contributed by atoms with van der Waals surface area (Å²) in [4.78, 5) is 15.6. The molecule has 1 aromatic heterocycles. The van der Waals surface area contributed by atoms with Crippen LogP contribution in [0.15, 0.2) is 21.8 Å². The van der Waals surface area contributed by atoms with Crippen LogP contribution in [0.4, 0.5) is 4.79 Å². The Labute approximate surface area is 107 Å². The van der Waals surface area contributed by atoms with E-state index in [2.05, 4.69) is 4.99 Å². The predicted octanol–water partition coefficient (Wildman–Crippen LogP) is 3.99. The van der Waals surface area contributed by atoms with Gasteiger partial charge < -0.3 is 4.74 Å². The molecular formula is C13H19NO2S. The van der Waals surface area contributed by atoms with Crippen molar-refractivity contribution in [3.63, 3.8) is 0 Å². The van der Waals surface area contributed by atoms with E-state index in [9.17, 15) is 4.79 Å². The molecule has 0 aromatic carbocycles. The quantitative estimate of drug-likeness (QED) is 0.761. The summed E-state index contributed by atoms with van der Waals surface area (Å²) in [6.07, 6.45) is -0.492. The number of nitrogens with zero attached hydrogens (tertiary/aromatic N) is 1. The van der Waals surface area contributed by atoms with Gasteiger partial charge >= 0.3 is 6.09 Å². The van der Waals surface area contributed by atoms with E-state index in [0.717, 1.165) is 11.3 Å². The maximum atomic E-state index is 11.6. The number of carbonyl (C=O) groups is 1. The molecule has 0 N–H and O–H groups in total. The number of amides is 1. The van der Waals surface area contributed by atoms with Crippen molar-refractivity contribution in [1.82, 2.24) is 0 Å². The largest absolute Gasteiger partial charge is 0.448 e. The predicted molar refractivity (Wildman–Crippen MR) is 71.9 cm³/mol. The van der Waals surface area contributed by atoms with Crippen molar-refractivity contribution in [1.29, 1.82) is 0 Å². The van der Waals surface area contributed by atoms with Crippen molar-refractivity contribution in [3.05, 3.63) is 22.4 Å². The number of aliphatic imine (C=N–C) groups is 1. The van der Waals surface area contributed by atoms with Gasteiger partial charge in [0.25, 0.3) is 0 Å². The summed E-state index contributed by atoms with van der Waals surface area (Å²) < 4.78 is 5.06. The third-order valence-corrected chi connectivity index (χ3v) is 2.80. The summed E-state index contributed by atoms with van der Waals surface area (Å²) in [6, 6.07) is 1.97. The molecule has 0 saturated carbocycles. The molecule has 0 aliphatic carbocycles. The Morgan fingerprint density at radius 1 is 1.41 bits per heavy atom. The lowest BCUT2D eigenvalue weighted by molar-refractivity contribution is 0.143. The molecular weight excluding hydrogens is 234 g/mol. The average Bonchev–Trinajstić information content (AvgIpc) is 2.75. The zero-order valence-corrected chi connectivity index (χ0v) is 11.6. The molecule has 0 aliphatic heterocycles. The third kappa shape index (κ3) is 4.69. The van der Waals surface area contributed by atoms with Crippen LogP contribution < -0.4 is 0 Å². The van der Waals surface area contributed by atoms with Crippen LogP contribution in [0, 0.1) is 11.8 Å². The minimum Gasteiger partial charge on any atom is -0.448 e. The van der Waals surface area contributed by atoms with E-state index in [1.54, 1.807) is 11.3 Å². The first kappa shape index (κ1) is 13.9. The summed E-state index contributed by atoms with van der Waals surface area (Å²) in [5.41, 5.74) is 1.80. The molecule has 0 radical (unpaired) electrons. The van der Waals surface area contributed by atoms with Gasteiger partial charge in [-0.1, -0.05) is 27.7 Å². The molecule has 4 heteroatoms. The minimum absolute atomic E-state index is 0.205. The molecule has 0 aliphatic rings. The fourth-order valence-corrected chi connectivity index (χ4v) is 1.96. The molecule has 0 fully saturated rings. The summed E-state index contributed by atoms with van der Waals surface area (Å²) in [6.45, 7) is 8.45. The van der Waals surface area contributed by atoms with E-state index in [4.69, 9.17) is 4.74 Å². The lowest BCUT2D eigenvalue weighted by Crippen LogP contribution is -2.13. The molecule has 94 valence electrons. The molecule has 0 saturated heterocycles. The van der Waals surface area contributed by atoms with Gasteiger partial charge in [-0.15, -0.1) is 0 Å². The number of thiophene rings is 1. The van der Waals surface area contributed by atoms with Crippen LogP contribution in [0.25, 0.3) is 0 Å². The van der Waals surface area contributed by atoms with Gasteiger partial charge in [-0.25, -0.2) is 4.79 Å². The molecule has 1 amide bonds. The lowest BCUT2D eigenvalue weighted by Gasteiger charge is -2.09. The fraction of sp³-hybridized carbons (Fsp3) is 0.538. The van der Waals surface area contributed by atoms with E-state index in [1.807, 2.05) is 44.5 Å². The van der Waals surface area contributed by atoms with Gasteiger partial charge in [-0.05, 0) is 28.7 Å². The Balaban J connectivity index is 2.74. The van der Waals surface area contributed by atoms with Gasteiger partial charge in [0.15, 0.2) is 0 Å². The SMILES string of the molecule is CC(C)COC(=O)/N=C(\c1ccsc1)C(C)C. The van der Waals surface area contributed by atoms with Crippen molar-refractivity contribution in [2.24, 2.45) is 16.8 Å². The topological polar surface area (TPSA) is 38.7 Å². The normalized spacial score (nSPS) is 12.2.